The number of hydrogen-bond donors (Lipinski definition) is 1. The average molecular weight is 589 g/mol. The van der Waals surface area contributed by atoms with Crippen LogP contribution in [0, 0.1) is 0 Å². The molecule has 0 unspecified atom stereocenters. The van der Waals surface area contributed by atoms with Gasteiger partial charge in [0, 0.05) is 18.8 Å². The third-order valence-corrected chi connectivity index (χ3v) is 8.16. The van der Waals surface area contributed by atoms with Crippen molar-refractivity contribution in [3.05, 3.63) is 131 Å². The summed E-state index contributed by atoms with van der Waals surface area (Å²) in [6, 6.07) is 32.2. The molecule has 222 valence electrons. The quantitative estimate of drug-likeness (QED) is 0.263. The molecule has 1 heterocycles. The summed E-state index contributed by atoms with van der Waals surface area (Å²) in [7, 11) is 0. The Morgan fingerprint density at radius 1 is 0.750 bits per heavy atom. The molecule has 1 aliphatic heterocycles. The van der Waals surface area contributed by atoms with Crippen LogP contribution in [0.15, 0.2) is 109 Å². The van der Waals surface area contributed by atoms with Gasteiger partial charge in [0.2, 0.25) is 5.91 Å². The number of nitrogens with one attached hydrogen (secondary N) is 1. The maximum absolute atomic E-state index is 13.9. The molecule has 4 aromatic rings. The molecule has 1 N–H and O–H groups in total. The molecular formula is C36H32N2O6. The van der Waals surface area contributed by atoms with Crippen molar-refractivity contribution in [2.75, 3.05) is 6.61 Å². The van der Waals surface area contributed by atoms with Crippen molar-refractivity contribution >= 4 is 23.9 Å². The number of amides is 3. The fourth-order valence-electron chi connectivity index (χ4n) is 6.01. The molecule has 8 nitrogen and oxygen atoms in total. The summed E-state index contributed by atoms with van der Waals surface area (Å²) in [4.78, 5) is 54.1. The summed E-state index contributed by atoms with van der Waals surface area (Å²) < 4.78 is 11.2. The Labute approximate surface area is 255 Å². The Morgan fingerprint density at radius 2 is 1.32 bits per heavy atom. The van der Waals surface area contributed by atoms with Crippen molar-refractivity contribution in [1.82, 2.24) is 10.2 Å². The minimum atomic E-state index is -1.14. The van der Waals surface area contributed by atoms with E-state index in [4.69, 9.17) is 9.47 Å². The number of benzene rings is 4. The first-order valence-electron chi connectivity index (χ1n) is 14.7. The Balaban J connectivity index is 1.17. The van der Waals surface area contributed by atoms with Crippen molar-refractivity contribution in [3.8, 4) is 11.1 Å². The minimum Gasteiger partial charge on any atom is -0.459 e. The van der Waals surface area contributed by atoms with Gasteiger partial charge in [-0.3, -0.25) is 14.5 Å². The summed E-state index contributed by atoms with van der Waals surface area (Å²) in [6.45, 7) is 0.0982. The summed E-state index contributed by atoms with van der Waals surface area (Å²) in [5.41, 5.74) is 5.91. The lowest BCUT2D eigenvalue weighted by Crippen LogP contribution is -2.54. The van der Waals surface area contributed by atoms with E-state index >= 15 is 0 Å². The van der Waals surface area contributed by atoms with Crippen LogP contribution in [0.2, 0.25) is 0 Å². The van der Waals surface area contributed by atoms with Crippen LogP contribution < -0.4 is 5.32 Å². The zero-order valence-corrected chi connectivity index (χ0v) is 24.1. The van der Waals surface area contributed by atoms with Gasteiger partial charge in [-0.1, -0.05) is 109 Å². The highest BCUT2D eigenvalue weighted by Gasteiger charge is 2.44. The minimum absolute atomic E-state index is 0.0256. The third kappa shape index (κ3) is 6.10. The van der Waals surface area contributed by atoms with Gasteiger partial charge >= 0.3 is 12.1 Å². The number of hydrogen-bond acceptors (Lipinski definition) is 6. The number of rotatable bonds is 9. The van der Waals surface area contributed by atoms with Gasteiger partial charge in [-0.05, 0) is 39.8 Å². The third-order valence-electron chi connectivity index (χ3n) is 8.16. The Hall–Kier alpha value is -5.24. The Morgan fingerprint density at radius 3 is 1.95 bits per heavy atom. The van der Waals surface area contributed by atoms with Gasteiger partial charge in [-0.15, -0.1) is 0 Å². The van der Waals surface area contributed by atoms with E-state index in [1.165, 1.54) is 0 Å². The Bertz CT molecular complexity index is 1630. The van der Waals surface area contributed by atoms with E-state index in [1.54, 1.807) is 0 Å². The largest absolute Gasteiger partial charge is 0.459 e. The van der Waals surface area contributed by atoms with E-state index < -0.39 is 36.0 Å². The molecule has 0 bridgehead atoms. The Kier molecular flexibility index (Phi) is 8.50. The number of carbonyl (C=O) groups is 4. The van der Waals surface area contributed by atoms with E-state index in [-0.39, 0.29) is 38.4 Å². The van der Waals surface area contributed by atoms with Gasteiger partial charge in [-0.25, -0.2) is 9.59 Å². The monoisotopic (exact) mass is 588 g/mol. The maximum Gasteiger partial charge on any atom is 0.407 e. The fourth-order valence-corrected chi connectivity index (χ4v) is 6.01. The number of fused-ring (bicyclic) bond motifs is 3. The second kappa shape index (κ2) is 13.0. The molecule has 3 amide bonds. The molecule has 2 aliphatic rings. The molecule has 1 aliphatic carbocycles. The average Bonchev–Trinajstić information content (AvgIpc) is 3.60. The van der Waals surface area contributed by atoms with Crippen molar-refractivity contribution in [2.24, 2.45) is 0 Å². The molecular weight excluding hydrogens is 556 g/mol. The van der Waals surface area contributed by atoms with Crippen LogP contribution in [0.25, 0.3) is 11.1 Å². The molecule has 2 atom stereocenters. The van der Waals surface area contributed by atoms with E-state index in [2.05, 4.69) is 17.4 Å². The second-order valence-electron chi connectivity index (χ2n) is 11.0. The van der Waals surface area contributed by atoms with Gasteiger partial charge in [-0.2, -0.15) is 0 Å². The number of likely N-dealkylation sites (tertiary alicyclic amines) is 1. The molecule has 0 radical (unpaired) electrons. The zero-order valence-electron chi connectivity index (χ0n) is 24.1. The summed E-state index contributed by atoms with van der Waals surface area (Å²) in [6.07, 6.45) is -0.489. The highest BCUT2D eigenvalue weighted by Crippen LogP contribution is 2.44. The summed E-state index contributed by atoms with van der Waals surface area (Å²) >= 11 is 0. The molecule has 8 heteroatoms. The molecule has 6 rings (SSSR count). The number of esters is 1. The maximum atomic E-state index is 13.9. The molecule has 0 spiro atoms. The lowest BCUT2D eigenvalue weighted by Gasteiger charge is -2.27. The first kappa shape index (κ1) is 28.9. The van der Waals surface area contributed by atoms with Crippen LogP contribution in [0.4, 0.5) is 4.79 Å². The van der Waals surface area contributed by atoms with Crippen molar-refractivity contribution in [2.45, 2.75) is 43.9 Å². The smallest absolute Gasteiger partial charge is 0.407 e. The lowest BCUT2D eigenvalue weighted by molar-refractivity contribution is -0.159. The molecule has 44 heavy (non-hydrogen) atoms. The van der Waals surface area contributed by atoms with Crippen molar-refractivity contribution in [3.63, 3.8) is 0 Å². The predicted molar refractivity (Wildman–Crippen MR) is 163 cm³/mol. The van der Waals surface area contributed by atoms with Gasteiger partial charge in [0.05, 0.1) is 0 Å². The van der Waals surface area contributed by atoms with Crippen LogP contribution in [-0.4, -0.2) is 47.5 Å². The lowest BCUT2D eigenvalue weighted by atomic mass is 9.98. The number of carbonyl (C=O) groups excluding carboxylic acids is 4. The zero-order chi connectivity index (χ0) is 30.5. The second-order valence-corrected chi connectivity index (χ2v) is 11.0. The first-order chi connectivity index (χ1) is 21.5. The van der Waals surface area contributed by atoms with Crippen LogP contribution in [0.5, 0.6) is 0 Å². The number of alkyl carbamates (subject to hydrolysis) is 1. The van der Waals surface area contributed by atoms with Crippen molar-refractivity contribution < 1.29 is 28.7 Å². The number of nitrogens with zero attached hydrogens (tertiary/aromatic N) is 1. The fraction of sp³-hybridized carbons (Fsp3) is 0.222. The number of imide groups is 1. The van der Waals surface area contributed by atoms with Gasteiger partial charge in [0.1, 0.15) is 25.3 Å². The first-order valence-corrected chi connectivity index (χ1v) is 14.7. The molecule has 0 saturated carbocycles. The normalized spacial score (nSPS) is 16.1. The van der Waals surface area contributed by atoms with Crippen LogP contribution in [0.3, 0.4) is 0 Å². The van der Waals surface area contributed by atoms with E-state index in [0.717, 1.165) is 38.3 Å². The van der Waals surface area contributed by atoms with E-state index in [0.29, 0.717) is 0 Å². The van der Waals surface area contributed by atoms with Gasteiger partial charge in [0.25, 0.3) is 5.91 Å². The molecule has 1 saturated heterocycles. The SMILES string of the molecule is O=C(N[C@@H](Cc1ccccc1)C(=O)N1C(=O)CC[C@@H]1C(=O)OCc1ccccc1)OCC1c2ccccc2-c2ccccc21. The summed E-state index contributed by atoms with van der Waals surface area (Å²) in [5, 5.41) is 2.70. The molecule has 1 fully saturated rings. The van der Waals surface area contributed by atoms with Crippen molar-refractivity contribution in [1.29, 1.82) is 0 Å². The molecule has 0 aromatic heterocycles. The van der Waals surface area contributed by atoms with Crippen LogP contribution in [-0.2, 0) is 36.9 Å². The topological polar surface area (TPSA) is 102 Å². The van der Waals surface area contributed by atoms with Gasteiger partial charge < -0.3 is 14.8 Å². The van der Waals surface area contributed by atoms with E-state index in [1.807, 2.05) is 97.1 Å². The van der Waals surface area contributed by atoms with Gasteiger partial charge in [0.15, 0.2) is 0 Å². The van der Waals surface area contributed by atoms with Crippen LogP contribution in [0.1, 0.15) is 41.0 Å². The highest BCUT2D eigenvalue weighted by atomic mass is 16.5. The highest BCUT2D eigenvalue weighted by molar-refractivity contribution is 6.04. The van der Waals surface area contributed by atoms with Crippen LogP contribution >= 0.6 is 0 Å². The number of ether oxygens (including phenoxy) is 2. The summed E-state index contributed by atoms with van der Waals surface area (Å²) in [5.74, 6) is -1.97. The van der Waals surface area contributed by atoms with E-state index in [9.17, 15) is 19.2 Å². The molecule has 4 aromatic carbocycles. The predicted octanol–water partition coefficient (Wildman–Crippen LogP) is 5.40. The standard InChI is InChI=1S/C36H32N2O6/c39-33-20-19-32(35(41)43-22-25-13-5-2-6-14-25)38(33)34(40)31(21-24-11-3-1-4-12-24)37-36(42)44-23-30-28-17-9-7-15-26(28)27-16-8-10-18-29(27)30/h1-18,30-32H,19-23H2,(H,37,42)/t31-,32+/m0/s1.